The average Bonchev–Trinajstić information content (AvgIpc) is 3.81. The Kier molecular flexibility index (Phi) is 6.05. The van der Waals surface area contributed by atoms with Gasteiger partial charge in [0.2, 0.25) is 5.71 Å². The zero-order chi connectivity index (χ0) is 31.6. The Hall–Kier alpha value is -6.10. The number of benzene rings is 7. The molecule has 0 unspecified atom stereocenters. The Morgan fingerprint density at radius 3 is 2.00 bits per heavy atom. The summed E-state index contributed by atoms with van der Waals surface area (Å²) in [6, 6.07) is 60.7. The van der Waals surface area contributed by atoms with Crippen LogP contribution in [0.15, 0.2) is 174 Å². The van der Waals surface area contributed by atoms with E-state index in [4.69, 9.17) is 4.42 Å². The molecule has 48 heavy (non-hydrogen) atoms. The first-order chi connectivity index (χ1) is 23.8. The summed E-state index contributed by atoms with van der Waals surface area (Å²) in [5.41, 5.74) is 9.54. The maximum atomic E-state index is 6.68. The second-order valence-electron chi connectivity index (χ2n) is 12.1. The van der Waals surface area contributed by atoms with Gasteiger partial charge in [-0.25, -0.2) is 0 Å². The van der Waals surface area contributed by atoms with Crippen molar-refractivity contribution in [1.29, 1.82) is 0 Å². The summed E-state index contributed by atoms with van der Waals surface area (Å²) in [5, 5.41) is 6.00. The Balaban J connectivity index is 1.24. The predicted molar refractivity (Wildman–Crippen MR) is 204 cm³/mol. The molecule has 10 rings (SSSR count). The lowest BCUT2D eigenvalue weighted by atomic mass is 10.0. The normalized spacial score (nSPS) is 11.8. The number of hydrogen-bond donors (Lipinski definition) is 0. The number of anilines is 3. The highest BCUT2D eigenvalue weighted by Crippen LogP contribution is 2.45. The van der Waals surface area contributed by atoms with Crippen molar-refractivity contribution >= 4 is 81.5 Å². The monoisotopic (exact) mass is 632 g/mol. The first kappa shape index (κ1) is 27.1. The lowest BCUT2D eigenvalue weighted by Gasteiger charge is -2.28. The molecule has 4 heteroatoms. The highest BCUT2D eigenvalue weighted by atomic mass is 32.1. The van der Waals surface area contributed by atoms with Gasteiger partial charge in [-0.05, 0) is 71.8 Å². The van der Waals surface area contributed by atoms with Gasteiger partial charge in [0.1, 0.15) is 5.58 Å². The minimum absolute atomic E-state index is 0.850. The first-order valence-electron chi connectivity index (χ1n) is 16.2. The highest BCUT2D eigenvalue weighted by Gasteiger charge is 2.24. The molecule has 10 aromatic rings. The van der Waals surface area contributed by atoms with Crippen LogP contribution in [-0.4, -0.2) is 4.57 Å². The number of furan rings is 1. The zero-order valence-electron chi connectivity index (χ0n) is 25.9. The molecule has 0 spiro atoms. The van der Waals surface area contributed by atoms with Crippen LogP contribution in [0, 0.1) is 0 Å². The molecule has 226 valence electrons. The number of aromatic nitrogens is 1. The summed E-state index contributed by atoms with van der Waals surface area (Å²) in [6.45, 7) is 0. The van der Waals surface area contributed by atoms with Gasteiger partial charge in [0.15, 0.2) is 0 Å². The third kappa shape index (κ3) is 4.13. The van der Waals surface area contributed by atoms with E-state index in [1.807, 2.05) is 17.4 Å². The van der Waals surface area contributed by atoms with Crippen molar-refractivity contribution in [2.75, 3.05) is 4.90 Å². The summed E-state index contributed by atoms with van der Waals surface area (Å²) in [4.78, 5) is 2.39. The quantitative estimate of drug-likeness (QED) is 0.188. The molecule has 0 N–H and O–H groups in total. The fraction of sp³-hybridized carbons (Fsp3) is 0. The maximum Gasteiger partial charge on any atom is 0.213 e. The van der Waals surface area contributed by atoms with E-state index in [2.05, 4.69) is 173 Å². The van der Waals surface area contributed by atoms with Gasteiger partial charge in [-0.2, -0.15) is 0 Å². The molecule has 0 aliphatic heterocycles. The minimum atomic E-state index is 0.850. The fourth-order valence-corrected chi connectivity index (χ4v) is 8.32. The lowest BCUT2D eigenvalue weighted by Crippen LogP contribution is -2.13. The van der Waals surface area contributed by atoms with Crippen LogP contribution in [0.3, 0.4) is 0 Å². The van der Waals surface area contributed by atoms with Crippen LogP contribution in [0.25, 0.3) is 70.0 Å². The van der Waals surface area contributed by atoms with Crippen LogP contribution in [0.5, 0.6) is 0 Å². The summed E-state index contributed by atoms with van der Waals surface area (Å²) in [5.74, 6) is 0. The average molecular weight is 633 g/mol. The van der Waals surface area contributed by atoms with Crippen molar-refractivity contribution in [3.63, 3.8) is 0 Å². The Labute approximate surface area is 281 Å². The van der Waals surface area contributed by atoms with Crippen LogP contribution in [0.4, 0.5) is 17.1 Å². The third-order valence-corrected chi connectivity index (χ3v) is 10.6. The smallest absolute Gasteiger partial charge is 0.213 e. The zero-order valence-corrected chi connectivity index (χ0v) is 26.7. The van der Waals surface area contributed by atoms with Crippen LogP contribution >= 0.6 is 11.3 Å². The largest absolute Gasteiger partial charge is 0.439 e. The molecule has 0 aliphatic rings. The standard InChI is InChI=1S/C44H28N2OS/c1-2-12-29(13-3-1)30-22-24-31(25-23-30)45(32-26-27-42-36(28-32)33-14-6-11-21-41(33)48-42)38-18-8-9-19-39(38)46-37-17-7-4-15-34(37)43-35-16-5-10-20-40(35)47-44(43)46/h1-28H. The van der Waals surface area contributed by atoms with Crippen LogP contribution < -0.4 is 4.90 Å². The molecule has 0 aliphatic carbocycles. The molecule has 3 heterocycles. The van der Waals surface area contributed by atoms with Gasteiger partial charge in [0, 0.05) is 42.3 Å². The van der Waals surface area contributed by atoms with Crippen molar-refractivity contribution in [3.05, 3.63) is 170 Å². The van der Waals surface area contributed by atoms with Crippen molar-refractivity contribution in [2.24, 2.45) is 0 Å². The lowest BCUT2D eigenvalue weighted by molar-refractivity contribution is 0.645. The summed E-state index contributed by atoms with van der Waals surface area (Å²) >= 11 is 1.84. The van der Waals surface area contributed by atoms with Crippen molar-refractivity contribution in [2.45, 2.75) is 0 Å². The van der Waals surface area contributed by atoms with Crippen LogP contribution in [-0.2, 0) is 0 Å². The number of fused-ring (bicyclic) bond motifs is 8. The number of hydrogen-bond acceptors (Lipinski definition) is 3. The van der Waals surface area contributed by atoms with E-state index in [-0.39, 0.29) is 0 Å². The van der Waals surface area contributed by atoms with Crippen LogP contribution in [0.2, 0.25) is 0 Å². The molecule has 0 saturated heterocycles. The van der Waals surface area contributed by atoms with E-state index < -0.39 is 0 Å². The number of para-hydroxylation sites is 4. The Morgan fingerprint density at radius 2 is 1.12 bits per heavy atom. The Morgan fingerprint density at radius 1 is 0.479 bits per heavy atom. The topological polar surface area (TPSA) is 21.3 Å². The molecule has 0 saturated carbocycles. The first-order valence-corrected chi connectivity index (χ1v) is 17.0. The second kappa shape index (κ2) is 10.7. The van der Waals surface area contributed by atoms with Gasteiger partial charge in [-0.3, -0.25) is 4.57 Å². The molecule has 7 aromatic carbocycles. The molecular formula is C44H28N2OS. The summed E-state index contributed by atoms with van der Waals surface area (Å²) in [7, 11) is 0. The maximum absolute atomic E-state index is 6.68. The van der Waals surface area contributed by atoms with Crippen LogP contribution in [0.1, 0.15) is 0 Å². The molecule has 3 nitrogen and oxygen atoms in total. The van der Waals surface area contributed by atoms with E-state index >= 15 is 0 Å². The summed E-state index contributed by atoms with van der Waals surface area (Å²) < 4.78 is 11.6. The fourth-order valence-electron chi connectivity index (χ4n) is 7.24. The van der Waals surface area contributed by atoms with Gasteiger partial charge < -0.3 is 9.32 Å². The number of nitrogens with zero attached hydrogens (tertiary/aromatic N) is 2. The van der Waals surface area contributed by atoms with Crippen molar-refractivity contribution < 1.29 is 4.42 Å². The molecule has 0 atom stereocenters. The predicted octanol–water partition coefficient (Wildman–Crippen LogP) is 13.0. The molecule has 0 fully saturated rings. The minimum Gasteiger partial charge on any atom is -0.439 e. The van der Waals surface area contributed by atoms with E-state index in [0.29, 0.717) is 0 Å². The van der Waals surface area contributed by atoms with E-state index in [1.54, 1.807) is 0 Å². The number of thiophene rings is 1. The van der Waals surface area contributed by atoms with Gasteiger partial charge in [0.25, 0.3) is 0 Å². The van der Waals surface area contributed by atoms with Gasteiger partial charge in [-0.15, -0.1) is 11.3 Å². The SMILES string of the molecule is c1ccc(-c2ccc(N(c3ccc4sc5ccccc5c4c3)c3ccccc3-n3c4ccccc4c4c5ccccc5oc43)cc2)cc1. The second-order valence-corrected chi connectivity index (χ2v) is 13.2. The van der Waals surface area contributed by atoms with Crippen molar-refractivity contribution in [3.8, 4) is 16.8 Å². The molecule has 0 radical (unpaired) electrons. The highest BCUT2D eigenvalue weighted by molar-refractivity contribution is 7.25. The van der Waals surface area contributed by atoms with Gasteiger partial charge in [-0.1, -0.05) is 109 Å². The van der Waals surface area contributed by atoms with E-state index in [9.17, 15) is 0 Å². The molecule has 3 aromatic heterocycles. The van der Waals surface area contributed by atoms with Crippen molar-refractivity contribution in [1.82, 2.24) is 4.57 Å². The van der Waals surface area contributed by atoms with E-state index in [1.165, 1.54) is 36.7 Å². The molecular weight excluding hydrogens is 605 g/mol. The summed E-state index contributed by atoms with van der Waals surface area (Å²) in [6.07, 6.45) is 0. The number of rotatable bonds is 5. The molecule has 0 bridgehead atoms. The molecule has 0 amide bonds. The third-order valence-electron chi connectivity index (χ3n) is 9.41. The van der Waals surface area contributed by atoms with E-state index in [0.717, 1.165) is 50.3 Å². The Bertz CT molecular complexity index is 2790. The van der Waals surface area contributed by atoms with Gasteiger partial charge >= 0.3 is 0 Å². The van der Waals surface area contributed by atoms with Gasteiger partial charge in [0.05, 0.1) is 22.3 Å².